The minimum absolute atomic E-state index is 0.281. The van der Waals surface area contributed by atoms with Crippen molar-refractivity contribution >= 4 is 17.6 Å². The van der Waals surface area contributed by atoms with Crippen molar-refractivity contribution in [3.05, 3.63) is 29.8 Å². The normalized spacial score (nSPS) is 19.3. The Morgan fingerprint density at radius 3 is 2.81 bits per heavy atom. The number of para-hydroxylation sites is 1. The number of carbonyl (C=O) groups excluding carboxylic acids is 2. The van der Waals surface area contributed by atoms with Crippen LogP contribution >= 0.6 is 0 Å². The molecule has 1 heterocycles. The number of amides is 1. The van der Waals surface area contributed by atoms with Crippen molar-refractivity contribution < 1.29 is 14.3 Å². The number of esters is 1. The number of ether oxygens (including phenoxy) is 1. The molecular weight excluding hydrogens is 206 g/mol. The van der Waals surface area contributed by atoms with Crippen LogP contribution in [0.1, 0.15) is 12.0 Å². The van der Waals surface area contributed by atoms with E-state index in [1.165, 1.54) is 0 Å². The van der Waals surface area contributed by atoms with Crippen molar-refractivity contribution in [1.29, 1.82) is 0 Å². The highest BCUT2D eigenvalue weighted by molar-refractivity contribution is 6.05. The van der Waals surface area contributed by atoms with Gasteiger partial charge in [0.15, 0.2) is 0 Å². The molecule has 1 aromatic carbocycles. The summed E-state index contributed by atoms with van der Waals surface area (Å²) in [5.74, 6) is -1.36. The molecule has 0 aromatic heterocycles. The first-order valence-electron chi connectivity index (χ1n) is 5.21. The molecule has 1 aromatic rings. The van der Waals surface area contributed by atoms with Crippen molar-refractivity contribution in [2.45, 2.75) is 13.3 Å². The first kappa shape index (κ1) is 10.7. The van der Waals surface area contributed by atoms with Gasteiger partial charge in [0, 0.05) is 12.1 Å². The fraction of sp³-hybridized carbons (Fsp3) is 0.333. The second kappa shape index (κ2) is 4.35. The predicted octanol–water partition coefficient (Wildman–Crippen LogP) is 1.50. The third-order valence-electron chi connectivity index (χ3n) is 2.65. The highest BCUT2D eigenvalue weighted by Gasteiger charge is 2.33. The Morgan fingerprint density at radius 1 is 1.44 bits per heavy atom. The van der Waals surface area contributed by atoms with Crippen LogP contribution in [0.3, 0.4) is 0 Å². The molecule has 1 unspecified atom stereocenters. The first-order chi connectivity index (χ1) is 7.68. The summed E-state index contributed by atoms with van der Waals surface area (Å²) < 4.78 is 4.75. The fourth-order valence-electron chi connectivity index (χ4n) is 1.67. The molecule has 1 saturated heterocycles. The van der Waals surface area contributed by atoms with Crippen molar-refractivity contribution in [1.82, 2.24) is 0 Å². The monoisotopic (exact) mass is 219 g/mol. The van der Waals surface area contributed by atoms with E-state index in [-0.39, 0.29) is 5.91 Å². The van der Waals surface area contributed by atoms with Crippen LogP contribution < -0.4 is 5.32 Å². The minimum Gasteiger partial charge on any atom is -0.465 e. The zero-order valence-corrected chi connectivity index (χ0v) is 9.03. The lowest BCUT2D eigenvalue weighted by atomic mass is 10.1. The smallest absolute Gasteiger partial charge is 0.318 e. The zero-order chi connectivity index (χ0) is 11.5. The van der Waals surface area contributed by atoms with Gasteiger partial charge in [-0.05, 0) is 18.6 Å². The fourth-order valence-corrected chi connectivity index (χ4v) is 1.67. The molecule has 84 valence electrons. The Labute approximate surface area is 93.6 Å². The van der Waals surface area contributed by atoms with E-state index in [4.69, 9.17) is 4.74 Å². The van der Waals surface area contributed by atoms with E-state index in [1.54, 1.807) is 0 Å². The Hall–Kier alpha value is -1.84. The zero-order valence-electron chi connectivity index (χ0n) is 9.03. The van der Waals surface area contributed by atoms with Crippen LogP contribution in [-0.4, -0.2) is 18.5 Å². The molecule has 4 nitrogen and oxygen atoms in total. The lowest BCUT2D eigenvalue weighted by molar-refractivity contribution is -0.143. The molecule has 0 aliphatic carbocycles. The topological polar surface area (TPSA) is 55.4 Å². The summed E-state index contributed by atoms with van der Waals surface area (Å²) in [6, 6.07) is 7.46. The lowest BCUT2D eigenvalue weighted by Crippen LogP contribution is -2.26. The quantitative estimate of drug-likeness (QED) is 0.605. The van der Waals surface area contributed by atoms with E-state index in [0.29, 0.717) is 13.0 Å². The third-order valence-corrected chi connectivity index (χ3v) is 2.65. The minimum atomic E-state index is -0.653. The van der Waals surface area contributed by atoms with Gasteiger partial charge in [0.2, 0.25) is 5.91 Å². The lowest BCUT2D eigenvalue weighted by Gasteiger charge is -2.09. The molecule has 0 saturated carbocycles. The second-order valence-corrected chi connectivity index (χ2v) is 3.81. The van der Waals surface area contributed by atoms with E-state index in [2.05, 4.69) is 5.32 Å². The van der Waals surface area contributed by atoms with Crippen molar-refractivity contribution in [3.8, 4) is 0 Å². The standard InChI is InChI=1S/C12H13NO3/c1-8-4-2-3-5-10(8)13-11(14)9-6-7-16-12(9)15/h2-5,9H,6-7H2,1H3,(H,13,14). The van der Waals surface area contributed by atoms with Gasteiger partial charge in [0.05, 0.1) is 6.61 Å². The summed E-state index contributed by atoms with van der Waals surface area (Å²) in [7, 11) is 0. The summed E-state index contributed by atoms with van der Waals surface area (Å²) in [4.78, 5) is 23.0. The largest absolute Gasteiger partial charge is 0.465 e. The molecule has 0 radical (unpaired) electrons. The highest BCUT2D eigenvalue weighted by Crippen LogP contribution is 2.19. The molecular formula is C12H13NO3. The number of cyclic esters (lactones) is 1. The van der Waals surface area contributed by atoms with Gasteiger partial charge in [-0.15, -0.1) is 0 Å². The SMILES string of the molecule is Cc1ccccc1NC(=O)C1CCOC1=O. The summed E-state index contributed by atoms with van der Waals surface area (Å²) in [6.45, 7) is 2.24. The molecule has 1 fully saturated rings. The van der Waals surface area contributed by atoms with Crippen LogP contribution in [0.25, 0.3) is 0 Å². The molecule has 2 rings (SSSR count). The molecule has 4 heteroatoms. The number of nitrogens with one attached hydrogen (secondary N) is 1. The number of hydrogen-bond acceptors (Lipinski definition) is 3. The maximum Gasteiger partial charge on any atom is 0.318 e. The molecule has 0 bridgehead atoms. The maximum absolute atomic E-state index is 11.8. The molecule has 1 N–H and O–H groups in total. The van der Waals surface area contributed by atoms with Crippen LogP contribution in [0.4, 0.5) is 5.69 Å². The van der Waals surface area contributed by atoms with Gasteiger partial charge in [-0.3, -0.25) is 9.59 Å². The Bertz CT molecular complexity index is 428. The second-order valence-electron chi connectivity index (χ2n) is 3.81. The molecule has 1 atom stereocenters. The van der Waals surface area contributed by atoms with Crippen LogP contribution in [0.5, 0.6) is 0 Å². The van der Waals surface area contributed by atoms with E-state index < -0.39 is 11.9 Å². The first-order valence-corrected chi connectivity index (χ1v) is 5.21. The predicted molar refractivity (Wildman–Crippen MR) is 58.9 cm³/mol. The van der Waals surface area contributed by atoms with E-state index in [9.17, 15) is 9.59 Å². The third kappa shape index (κ3) is 2.05. The molecule has 1 aliphatic heterocycles. The molecule has 1 amide bonds. The molecule has 1 aliphatic rings. The number of hydrogen-bond donors (Lipinski definition) is 1. The summed E-state index contributed by atoms with van der Waals surface area (Å²) in [6.07, 6.45) is 0.469. The number of carbonyl (C=O) groups is 2. The Morgan fingerprint density at radius 2 is 2.19 bits per heavy atom. The van der Waals surface area contributed by atoms with Crippen LogP contribution in [0.15, 0.2) is 24.3 Å². The van der Waals surface area contributed by atoms with E-state index in [0.717, 1.165) is 11.3 Å². The van der Waals surface area contributed by atoms with Gasteiger partial charge in [0.1, 0.15) is 5.92 Å². The summed E-state index contributed by atoms with van der Waals surface area (Å²) >= 11 is 0. The average Bonchev–Trinajstić information content (AvgIpc) is 2.68. The Balaban J connectivity index is 2.08. The highest BCUT2D eigenvalue weighted by atomic mass is 16.5. The number of anilines is 1. The van der Waals surface area contributed by atoms with Gasteiger partial charge in [0.25, 0.3) is 0 Å². The Kier molecular flexibility index (Phi) is 2.90. The van der Waals surface area contributed by atoms with Crippen molar-refractivity contribution in [3.63, 3.8) is 0 Å². The van der Waals surface area contributed by atoms with Gasteiger partial charge in [-0.1, -0.05) is 18.2 Å². The van der Waals surface area contributed by atoms with Crippen LogP contribution in [-0.2, 0) is 14.3 Å². The van der Waals surface area contributed by atoms with Gasteiger partial charge in [-0.2, -0.15) is 0 Å². The summed E-state index contributed by atoms with van der Waals surface area (Å²) in [5, 5.41) is 2.74. The van der Waals surface area contributed by atoms with Crippen LogP contribution in [0, 0.1) is 12.8 Å². The average molecular weight is 219 g/mol. The van der Waals surface area contributed by atoms with Crippen molar-refractivity contribution in [2.75, 3.05) is 11.9 Å². The van der Waals surface area contributed by atoms with E-state index in [1.807, 2.05) is 31.2 Å². The van der Waals surface area contributed by atoms with Gasteiger partial charge >= 0.3 is 5.97 Å². The summed E-state index contributed by atoms with van der Waals surface area (Å²) in [5.41, 5.74) is 1.72. The van der Waals surface area contributed by atoms with Crippen molar-refractivity contribution in [2.24, 2.45) is 5.92 Å². The molecule has 0 spiro atoms. The van der Waals surface area contributed by atoms with Crippen LogP contribution in [0.2, 0.25) is 0 Å². The molecule has 16 heavy (non-hydrogen) atoms. The maximum atomic E-state index is 11.8. The number of benzene rings is 1. The number of aryl methyl sites for hydroxylation is 1. The van der Waals surface area contributed by atoms with Gasteiger partial charge in [-0.25, -0.2) is 0 Å². The van der Waals surface area contributed by atoms with Gasteiger partial charge < -0.3 is 10.1 Å². The number of rotatable bonds is 2. The van der Waals surface area contributed by atoms with E-state index >= 15 is 0 Å².